The van der Waals surface area contributed by atoms with E-state index in [-0.39, 0.29) is 11.7 Å². The van der Waals surface area contributed by atoms with E-state index in [2.05, 4.69) is 21.2 Å². The zero-order valence-electron chi connectivity index (χ0n) is 10.9. The summed E-state index contributed by atoms with van der Waals surface area (Å²) in [5, 5.41) is 2.83. The molecule has 0 aromatic heterocycles. The highest BCUT2D eigenvalue weighted by Gasteiger charge is 2.04. The molecule has 0 fully saturated rings. The first-order chi connectivity index (χ1) is 9.13. The van der Waals surface area contributed by atoms with Gasteiger partial charge in [0.2, 0.25) is 5.91 Å². The Morgan fingerprint density at radius 3 is 2.68 bits per heavy atom. The van der Waals surface area contributed by atoms with Gasteiger partial charge in [-0.2, -0.15) is 0 Å². The van der Waals surface area contributed by atoms with Crippen LogP contribution in [0.5, 0.6) is 0 Å². The Labute approximate surface area is 121 Å². The topological polar surface area (TPSA) is 55.1 Å². The standard InChI is InChI=1S/C14H20BrFN2O/c15-13-9-12(16)7-6-11(13)10-18-14(19)5-3-1-2-4-8-17/h6-7,9H,1-5,8,10,17H2,(H,18,19). The number of hydrogen-bond donors (Lipinski definition) is 2. The molecule has 0 aliphatic rings. The van der Waals surface area contributed by atoms with Gasteiger partial charge in [-0.3, -0.25) is 4.79 Å². The molecule has 0 radical (unpaired) electrons. The van der Waals surface area contributed by atoms with Gasteiger partial charge in [0.25, 0.3) is 0 Å². The molecule has 0 saturated carbocycles. The van der Waals surface area contributed by atoms with Gasteiger partial charge in [0.1, 0.15) is 5.82 Å². The molecule has 5 heteroatoms. The van der Waals surface area contributed by atoms with Crippen molar-refractivity contribution in [2.75, 3.05) is 6.54 Å². The van der Waals surface area contributed by atoms with Crippen molar-refractivity contribution in [2.24, 2.45) is 5.73 Å². The fourth-order valence-electron chi connectivity index (χ4n) is 1.73. The normalized spacial score (nSPS) is 10.5. The summed E-state index contributed by atoms with van der Waals surface area (Å²) in [6.45, 7) is 1.13. The number of rotatable bonds is 8. The highest BCUT2D eigenvalue weighted by atomic mass is 79.9. The molecule has 1 aromatic rings. The molecule has 0 spiro atoms. The van der Waals surface area contributed by atoms with E-state index < -0.39 is 0 Å². The van der Waals surface area contributed by atoms with Gasteiger partial charge in [-0.1, -0.05) is 34.8 Å². The van der Waals surface area contributed by atoms with Crippen molar-refractivity contribution in [1.82, 2.24) is 5.32 Å². The van der Waals surface area contributed by atoms with E-state index in [1.165, 1.54) is 12.1 Å². The Balaban J connectivity index is 2.22. The van der Waals surface area contributed by atoms with E-state index in [0.717, 1.165) is 31.2 Å². The van der Waals surface area contributed by atoms with Gasteiger partial charge in [-0.15, -0.1) is 0 Å². The number of nitrogens with two attached hydrogens (primary N) is 1. The fraction of sp³-hybridized carbons (Fsp3) is 0.500. The van der Waals surface area contributed by atoms with E-state index in [1.54, 1.807) is 6.07 Å². The van der Waals surface area contributed by atoms with Crippen LogP contribution >= 0.6 is 15.9 Å². The highest BCUT2D eigenvalue weighted by Crippen LogP contribution is 2.17. The minimum absolute atomic E-state index is 0.0315. The summed E-state index contributed by atoms with van der Waals surface area (Å²) < 4.78 is 13.6. The number of halogens is 2. The van der Waals surface area contributed by atoms with E-state index >= 15 is 0 Å². The molecule has 0 atom stereocenters. The number of hydrogen-bond acceptors (Lipinski definition) is 2. The molecule has 1 rings (SSSR count). The maximum Gasteiger partial charge on any atom is 0.220 e. The third-order valence-electron chi connectivity index (χ3n) is 2.85. The summed E-state index contributed by atoms with van der Waals surface area (Å²) >= 11 is 3.28. The molecule has 3 N–H and O–H groups in total. The fourth-order valence-corrected chi connectivity index (χ4v) is 2.22. The zero-order chi connectivity index (χ0) is 14.1. The lowest BCUT2D eigenvalue weighted by molar-refractivity contribution is -0.121. The first kappa shape index (κ1) is 16.1. The van der Waals surface area contributed by atoms with E-state index in [0.29, 0.717) is 24.0 Å². The van der Waals surface area contributed by atoms with Crippen LogP contribution in [0.1, 0.15) is 37.7 Å². The molecule has 1 amide bonds. The Morgan fingerprint density at radius 1 is 1.26 bits per heavy atom. The Hall–Kier alpha value is -0.940. The molecule has 0 bridgehead atoms. The molecule has 0 aliphatic heterocycles. The lowest BCUT2D eigenvalue weighted by Gasteiger charge is -2.07. The quantitative estimate of drug-likeness (QED) is 0.719. The van der Waals surface area contributed by atoms with Crippen LogP contribution in [0.3, 0.4) is 0 Å². The number of carbonyl (C=O) groups excluding carboxylic acids is 1. The van der Waals surface area contributed by atoms with Crippen molar-refractivity contribution < 1.29 is 9.18 Å². The summed E-state index contributed by atoms with van der Waals surface area (Å²) in [7, 11) is 0. The van der Waals surface area contributed by atoms with E-state index in [4.69, 9.17) is 5.73 Å². The second-order valence-corrected chi connectivity index (χ2v) is 5.32. The number of amides is 1. The predicted molar refractivity (Wildman–Crippen MR) is 78.1 cm³/mol. The van der Waals surface area contributed by atoms with Crippen molar-refractivity contribution in [3.63, 3.8) is 0 Å². The second kappa shape index (κ2) is 9.04. The van der Waals surface area contributed by atoms with Crippen molar-refractivity contribution >= 4 is 21.8 Å². The van der Waals surface area contributed by atoms with Crippen LogP contribution in [0.4, 0.5) is 4.39 Å². The minimum atomic E-state index is -0.290. The minimum Gasteiger partial charge on any atom is -0.352 e. The van der Waals surface area contributed by atoms with Gasteiger partial charge in [0, 0.05) is 17.4 Å². The zero-order valence-corrected chi connectivity index (χ0v) is 12.5. The van der Waals surface area contributed by atoms with Crippen molar-refractivity contribution in [1.29, 1.82) is 0 Å². The van der Waals surface area contributed by atoms with Gasteiger partial charge < -0.3 is 11.1 Å². The first-order valence-corrected chi connectivity index (χ1v) is 7.33. The van der Waals surface area contributed by atoms with Crippen LogP contribution < -0.4 is 11.1 Å². The van der Waals surface area contributed by atoms with Gasteiger partial charge in [0.15, 0.2) is 0 Å². The lowest BCUT2D eigenvalue weighted by atomic mass is 10.1. The van der Waals surface area contributed by atoms with Crippen molar-refractivity contribution in [3.8, 4) is 0 Å². The third-order valence-corrected chi connectivity index (χ3v) is 3.59. The number of unbranched alkanes of at least 4 members (excludes halogenated alkanes) is 3. The van der Waals surface area contributed by atoms with Crippen LogP contribution in [0.2, 0.25) is 0 Å². The van der Waals surface area contributed by atoms with Crippen LogP contribution in [-0.2, 0) is 11.3 Å². The van der Waals surface area contributed by atoms with E-state index in [9.17, 15) is 9.18 Å². The van der Waals surface area contributed by atoms with E-state index in [1.807, 2.05) is 0 Å². The Bertz CT molecular complexity index is 412. The summed E-state index contributed by atoms with van der Waals surface area (Å²) in [6, 6.07) is 4.45. The molecular weight excluding hydrogens is 311 g/mol. The summed E-state index contributed by atoms with van der Waals surface area (Å²) in [5.74, 6) is -0.258. The molecule has 0 unspecified atom stereocenters. The van der Waals surface area contributed by atoms with Gasteiger partial charge in [-0.05, 0) is 37.1 Å². The highest BCUT2D eigenvalue weighted by molar-refractivity contribution is 9.10. The molecule has 19 heavy (non-hydrogen) atoms. The van der Waals surface area contributed by atoms with Gasteiger partial charge in [0.05, 0.1) is 0 Å². The summed E-state index contributed by atoms with van der Waals surface area (Å²) in [6.07, 6.45) is 4.54. The summed E-state index contributed by atoms with van der Waals surface area (Å²) in [5.41, 5.74) is 6.27. The second-order valence-electron chi connectivity index (χ2n) is 4.47. The molecule has 106 valence electrons. The van der Waals surface area contributed by atoms with Crippen LogP contribution in [0.25, 0.3) is 0 Å². The van der Waals surface area contributed by atoms with Crippen LogP contribution in [0.15, 0.2) is 22.7 Å². The Kier molecular flexibility index (Phi) is 7.67. The smallest absolute Gasteiger partial charge is 0.220 e. The number of benzene rings is 1. The number of carbonyl (C=O) groups is 1. The molecule has 1 aromatic carbocycles. The predicted octanol–water partition coefficient (Wildman–Crippen LogP) is 3.11. The summed E-state index contributed by atoms with van der Waals surface area (Å²) in [4.78, 5) is 11.6. The maximum absolute atomic E-state index is 12.9. The monoisotopic (exact) mass is 330 g/mol. The lowest BCUT2D eigenvalue weighted by Crippen LogP contribution is -2.22. The van der Waals surface area contributed by atoms with Crippen molar-refractivity contribution in [3.05, 3.63) is 34.1 Å². The van der Waals surface area contributed by atoms with Crippen molar-refractivity contribution in [2.45, 2.75) is 38.6 Å². The molecule has 3 nitrogen and oxygen atoms in total. The average molecular weight is 331 g/mol. The molecular formula is C14H20BrFN2O. The van der Waals surface area contributed by atoms with Gasteiger partial charge in [-0.25, -0.2) is 4.39 Å². The Morgan fingerprint density at radius 2 is 2.00 bits per heavy atom. The first-order valence-electron chi connectivity index (χ1n) is 6.54. The third kappa shape index (κ3) is 6.68. The molecule has 0 saturated heterocycles. The van der Waals surface area contributed by atoms with Crippen LogP contribution in [0, 0.1) is 5.82 Å². The SMILES string of the molecule is NCCCCCCC(=O)NCc1ccc(F)cc1Br. The maximum atomic E-state index is 12.9. The molecule has 0 heterocycles. The molecule has 0 aliphatic carbocycles. The largest absolute Gasteiger partial charge is 0.352 e. The average Bonchev–Trinajstić information content (AvgIpc) is 2.37. The van der Waals surface area contributed by atoms with Crippen LogP contribution in [-0.4, -0.2) is 12.5 Å². The van der Waals surface area contributed by atoms with Gasteiger partial charge >= 0.3 is 0 Å². The number of nitrogens with one attached hydrogen (secondary N) is 1.